The van der Waals surface area contributed by atoms with Crippen molar-refractivity contribution in [2.45, 2.75) is 64.0 Å². The van der Waals surface area contributed by atoms with Gasteiger partial charge in [-0.15, -0.1) is 10.2 Å². The number of nitrogens with one attached hydrogen (secondary N) is 1. The molecule has 5 rings (SSSR count). The van der Waals surface area contributed by atoms with Gasteiger partial charge in [-0.25, -0.2) is 19.1 Å². The van der Waals surface area contributed by atoms with Gasteiger partial charge in [0.25, 0.3) is 5.91 Å². The van der Waals surface area contributed by atoms with E-state index in [0.29, 0.717) is 27.8 Å². The number of carbonyl (C=O) groups is 1. The van der Waals surface area contributed by atoms with Gasteiger partial charge in [-0.1, -0.05) is 30.7 Å². The smallest absolute Gasteiger partial charge is 0.382 e. The molecule has 0 bridgehead atoms. The summed E-state index contributed by atoms with van der Waals surface area (Å²) in [6.45, 7) is 0.888. The van der Waals surface area contributed by atoms with Crippen LogP contribution in [0.5, 0.6) is 0 Å². The highest BCUT2D eigenvalue weighted by Crippen LogP contribution is 2.25. The van der Waals surface area contributed by atoms with Crippen molar-refractivity contribution in [2.75, 3.05) is 0 Å². The van der Waals surface area contributed by atoms with E-state index in [1.165, 1.54) is 35.3 Å². The third kappa shape index (κ3) is 6.57. The first kappa shape index (κ1) is 29.5. The molecule has 42 heavy (non-hydrogen) atoms. The Morgan fingerprint density at radius 3 is 2.48 bits per heavy atom. The molecule has 1 saturated carbocycles. The average Bonchev–Trinajstić information content (AvgIpc) is 3.55. The van der Waals surface area contributed by atoms with Crippen LogP contribution in [0.3, 0.4) is 0 Å². The number of halogens is 4. The summed E-state index contributed by atoms with van der Waals surface area (Å²) in [5.74, 6) is 0.471. The molecule has 2 aromatic heterocycles. The molecule has 0 saturated heterocycles. The number of alkyl halides is 3. The topological polar surface area (TPSA) is 120 Å². The molecule has 2 N–H and O–H groups in total. The predicted octanol–water partition coefficient (Wildman–Crippen LogP) is 4.23. The molecule has 1 fully saturated rings. The summed E-state index contributed by atoms with van der Waals surface area (Å²) in [6, 6.07) is 13.0. The van der Waals surface area contributed by atoms with E-state index in [0.717, 1.165) is 34.9 Å². The number of benzene rings is 2. The maximum absolute atomic E-state index is 13.2. The molecule has 0 radical (unpaired) electrons. The van der Waals surface area contributed by atoms with Gasteiger partial charge in [0, 0.05) is 16.6 Å². The summed E-state index contributed by atoms with van der Waals surface area (Å²) in [6.07, 6.45) is -2.38. The minimum Gasteiger partial charge on any atom is -0.382 e. The van der Waals surface area contributed by atoms with Gasteiger partial charge in [-0.2, -0.15) is 13.2 Å². The monoisotopic (exact) mass is 603 g/mol. The van der Waals surface area contributed by atoms with Crippen molar-refractivity contribution in [2.24, 2.45) is 5.92 Å². The van der Waals surface area contributed by atoms with Crippen LogP contribution in [0.15, 0.2) is 59.7 Å². The summed E-state index contributed by atoms with van der Waals surface area (Å²) in [5.41, 5.74) is 0.322. The van der Waals surface area contributed by atoms with Crippen LogP contribution in [0.1, 0.15) is 48.8 Å². The van der Waals surface area contributed by atoms with E-state index in [1.54, 1.807) is 24.3 Å². The molecular weight excluding hydrogens is 575 g/mol. The summed E-state index contributed by atoms with van der Waals surface area (Å²) < 4.78 is 42.5. The molecule has 1 aliphatic rings. The second kappa shape index (κ2) is 12.1. The van der Waals surface area contributed by atoms with Gasteiger partial charge in [0.2, 0.25) is 0 Å². The second-order valence-electron chi connectivity index (χ2n) is 10.5. The number of rotatable bonds is 8. The lowest BCUT2D eigenvalue weighted by Gasteiger charge is -2.27. The molecule has 2 heterocycles. The number of para-hydroxylation sites is 1. The Morgan fingerprint density at radius 2 is 1.79 bits per heavy atom. The van der Waals surface area contributed by atoms with E-state index in [4.69, 9.17) is 11.6 Å². The van der Waals surface area contributed by atoms with Crippen molar-refractivity contribution >= 4 is 17.5 Å². The first-order chi connectivity index (χ1) is 20.0. The summed E-state index contributed by atoms with van der Waals surface area (Å²) in [5, 5.41) is 21.8. The Morgan fingerprint density at radius 1 is 1.10 bits per heavy atom. The molecule has 14 heteroatoms. The maximum Gasteiger partial charge on any atom is 0.416 e. The van der Waals surface area contributed by atoms with Crippen molar-refractivity contribution in [3.05, 3.63) is 81.8 Å². The number of aliphatic hydroxyl groups is 1. The van der Waals surface area contributed by atoms with Crippen molar-refractivity contribution < 1.29 is 23.1 Å². The minimum atomic E-state index is -4.94. The van der Waals surface area contributed by atoms with E-state index < -0.39 is 24.5 Å². The molecule has 222 valence electrons. The van der Waals surface area contributed by atoms with Crippen LogP contribution in [0.4, 0.5) is 13.2 Å². The maximum atomic E-state index is 13.2. The number of aromatic nitrogens is 6. The molecule has 1 atom stereocenters. The first-order valence-corrected chi connectivity index (χ1v) is 13.9. The van der Waals surface area contributed by atoms with Gasteiger partial charge in [-0.05, 0) is 68.0 Å². The first-order valence-electron chi connectivity index (χ1n) is 13.5. The summed E-state index contributed by atoms with van der Waals surface area (Å²) >= 11 is 5.94. The van der Waals surface area contributed by atoms with Crippen molar-refractivity contribution in [3.8, 4) is 17.1 Å². The molecule has 1 amide bonds. The SMILES string of the molecule is CC1CCC(NC(=O)c2ccccc2-n2cnc(Cn3nc(-c4ccc(Cl)cc4)n(C[C@H](O)C(F)(F)F)c3=O)n2)CC1. The fraction of sp³-hybridized carbons (Fsp3) is 0.393. The van der Waals surface area contributed by atoms with Crippen LogP contribution >= 0.6 is 11.6 Å². The molecule has 1 aliphatic carbocycles. The van der Waals surface area contributed by atoms with Crippen LogP contribution in [0.2, 0.25) is 5.02 Å². The van der Waals surface area contributed by atoms with Gasteiger partial charge in [0.1, 0.15) is 12.9 Å². The third-order valence-corrected chi connectivity index (χ3v) is 7.59. The van der Waals surface area contributed by atoms with Crippen molar-refractivity contribution in [3.63, 3.8) is 0 Å². The number of hydrogen-bond acceptors (Lipinski definition) is 6. The largest absolute Gasteiger partial charge is 0.416 e. The Balaban J connectivity index is 1.41. The lowest BCUT2D eigenvalue weighted by Crippen LogP contribution is -2.37. The number of hydrogen-bond donors (Lipinski definition) is 2. The molecule has 0 aliphatic heterocycles. The van der Waals surface area contributed by atoms with Crippen LogP contribution < -0.4 is 11.0 Å². The molecule has 0 unspecified atom stereocenters. The highest BCUT2D eigenvalue weighted by molar-refractivity contribution is 6.30. The number of aliphatic hydroxyl groups excluding tert-OH is 1. The molecule has 10 nitrogen and oxygen atoms in total. The van der Waals surface area contributed by atoms with Gasteiger partial charge in [0.15, 0.2) is 17.8 Å². The van der Waals surface area contributed by atoms with Crippen LogP contribution in [0, 0.1) is 5.92 Å². The van der Waals surface area contributed by atoms with Gasteiger partial charge < -0.3 is 10.4 Å². The lowest BCUT2D eigenvalue weighted by molar-refractivity contribution is -0.207. The van der Waals surface area contributed by atoms with Gasteiger partial charge in [-0.3, -0.25) is 9.36 Å². The lowest BCUT2D eigenvalue weighted by atomic mass is 9.87. The Kier molecular flexibility index (Phi) is 8.50. The average molecular weight is 604 g/mol. The fourth-order valence-electron chi connectivity index (χ4n) is 4.95. The van der Waals surface area contributed by atoms with E-state index in [1.807, 2.05) is 0 Å². The van der Waals surface area contributed by atoms with Crippen molar-refractivity contribution in [1.82, 2.24) is 34.4 Å². The Labute approximate surface area is 243 Å². The standard InChI is InChI=1S/C28H29ClF3N7O3/c1-17-6-12-20(13-7-17)34-26(41)21-4-2-3-5-22(21)39-16-33-24(35-39)15-38-27(42)37(14-23(40)28(30,31)32)25(36-38)18-8-10-19(29)11-9-18/h2-5,8-11,16-17,20,23,40H,6-7,12-15H2,1H3,(H,34,41)/t17?,20?,23-/m0/s1. The molecule has 2 aromatic carbocycles. The number of amides is 1. The van der Waals surface area contributed by atoms with Crippen LogP contribution in [0.25, 0.3) is 17.1 Å². The number of nitrogens with zero attached hydrogens (tertiary/aromatic N) is 6. The molecule has 4 aromatic rings. The Bertz CT molecular complexity index is 1610. The highest BCUT2D eigenvalue weighted by atomic mass is 35.5. The zero-order chi connectivity index (χ0) is 30.0. The zero-order valence-corrected chi connectivity index (χ0v) is 23.4. The third-order valence-electron chi connectivity index (χ3n) is 7.34. The van der Waals surface area contributed by atoms with Crippen LogP contribution in [-0.4, -0.2) is 58.4 Å². The van der Waals surface area contributed by atoms with Crippen LogP contribution in [-0.2, 0) is 13.1 Å². The zero-order valence-electron chi connectivity index (χ0n) is 22.6. The number of carbonyl (C=O) groups excluding carboxylic acids is 1. The summed E-state index contributed by atoms with van der Waals surface area (Å²) in [4.78, 5) is 30.6. The van der Waals surface area contributed by atoms with E-state index >= 15 is 0 Å². The molecular formula is C28H29ClF3N7O3. The predicted molar refractivity (Wildman–Crippen MR) is 148 cm³/mol. The minimum absolute atomic E-state index is 0.0847. The highest BCUT2D eigenvalue weighted by Gasteiger charge is 2.39. The molecule has 0 spiro atoms. The van der Waals surface area contributed by atoms with Crippen molar-refractivity contribution in [1.29, 1.82) is 0 Å². The van der Waals surface area contributed by atoms with E-state index in [9.17, 15) is 27.9 Å². The quantitative estimate of drug-likeness (QED) is 0.311. The second-order valence-corrected chi connectivity index (χ2v) is 10.9. The fourth-order valence-corrected chi connectivity index (χ4v) is 5.08. The normalized spacial score (nSPS) is 18.1. The summed E-state index contributed by atoms with van der Waals surface area (Å²) in [7, 11) is 0. The van der Waals surface area contributed by atoms with E-state index in [2.05, 4.69) is 27.4 Å². The Hall–Kier alpha value is -3.97. The van der Waals surface area contributed by atoms with Gasteiger partial charge in [0.05, 0.1) is 17.8 Å². The van der Waals surface area contributed by atoms with Gasteiger partial charge >= 0.3 is 11.9 Å². The van der Waals surface area contributed by atoms with E-state index in [-0.39, 0.29) is 30.1 Å².